The Morgan fingerprint density at radius 3 is 2.46 bits per heavy atom. The molecule has 10 heteroatoms. The molecule has 0 fully saturated rings. The van der Waals surface area contributed by atoms with Crippen molar-refractivity contribution in [1.82, 2.24) is 15.6 Å². The van der Waals surface area contributed by atoms with Gasteiger partial charge in [-0.15, -0.1) is 0 Å². The number of carbonyl (C=O) groups excluding carboxylic acids is 2. The van der Waals surface area contributed by atoms with Crippen molar-refractivity contribution in [1.29, 1.82) is 0 Å². The average molecular weight is 498 g/mol. The molecule has 0 saturated heterocycles. The number of sulfonamides is 1. The van der Waals surface area contributed by atoms with Crippen LogP contribution in [0.1, 0.15) is 29.4 Å². The molecule has 0 saturated carbocycles. The summed E-state index contributed by atoms with van der Waals surface area (Å²) in [6.45, 7) is 5.47. The standard InChI is InChI=1S/C25H27N3O6S/c1-17-6-4-8-23(18(17)2)34-19(3)25(30)28-27-24(29)14-11-20-9-12-22(13-10-20)35(31,32)26-16-21-7-5-15-33-21/h4-15,19,26H,16H2,1-3H3,(H,27,29)(H,28,30)/b14-11+. The molecular formula is C25H27N3O6S. The zero-order valence-corrected chi connectivity index (χ0v) is 20.4. The summed E-state index contributed by atoms with van der Waals surface area (Å²) < 4.78 is 38.0. The van der Waals surface area contributed by atoms with Crippen LogP contribution in [0.5, 0.6) is 5.75 Å². The van der Waals surface area contributed by atoms with Crippen LogP contribution in [0.2, 0.25) is 0 Å². The normalized spacial score (nSPS) is 12.3. The van der Waals surface area contributed by atoms with Crippen molar-refractivity contribution in [3.63, 3.8) is 0 Å². The monoisotopic (exact) mass is 497 g/mol. The van der Waals surface area contributed by atoms with Gasteiger partial charge in [0.05, 0.1) is 17.7 Å². The van der Waals surface area contributed by atoms with Crippen molar-refractivity contribution in [2.45, 2.75) is 38.3 Å². The first kappa shape index (κ1) is 25.7. The van der Waals surface area contributed by atoms with E-state index in [2.05, 4.69) is 15.6 Å². The molecule has 2 amide bonds. The minimum Gasteiger partial charge on any atom is -0.481 e. The van der Waals surface area contributed by atoms with E-state index in [9.17, 15) is 18.0 Å². The Kier molecular flexibility index (Phi) is 8.45. The van der Waals surface area contributed by atoms with E-state index in [1.807, 2.05) is 26.0 Å². The number of carbonyl (C=O) groups is 2. The van der Waals surface area contributed by atoms with Crippen LogP contribution in [0, 0.1) is 13.8 Å². The molecule has 35 heavy (non-hydrogen) atoms. The number of amides is 2. The molecule has 3 N–H and O–H groups in total. The molecule has 3 rings (SSSR count). The predicted octanol–water partition coefficient (Wildman–Crippen LogP) is 3.00. The second-order valence-corrected chi connectivity index (χ2v) is 9.51. The molecule has 1 heterocycles. The fourth-order valence-corrected chi connectivity index (χ4v) is 3.95. The van der Waals surface area contributed by atoms with Crippen LogP contribution >= 0.6 is 0 Å². The maximum atomic E-state index is 12.4. The smallest absolute Gasteiger partial charge is 0.279 e. The van der Waals surface area contributed by atoms with Gasteiger partial charge in [0.25, 0.3) is 11.8 Å². The van der Waals surface area contributed by atoms with Crippen molar-refractivity contribution in [2.24, 2.45) is 0 Å². The largest absolute Gasteiger partial charge is 0.481 e. The summed E-state index contributed by atoms with van der Waals surface area (Å²) in [5.74, 6) is 0.0244. The lowest BCUT2D eigenvalue weighted by atomic mass is 10.1. The van der Waals surface area contributed by atoms with Gasteiger partial charge in [0, 0.05) is 6.08 Å². The number of benzene rings is 2. The molecule has 0 radical (unpaired) electrons. The van der Waals surface area contributed by atoms with Crippen LogP contribution in [0.15, 0.2) is 76.2 Å². The van der Waals surface area contributed by atoms with E-state index >= 15 is 0 Å². The van der Waals surface area contributed by atoms with Crippen molar-refractivity contribution in [2.75, 3.05) is 0 Å². The molecule has 9 nitrogen and oxygen atoms in total. The van der Waals surface area contributed by atoms with E-state index in [4.69, 9.17) is 9.15 Å². The van der Waals surface area contributed by atoms with Gasteiger partial charge in [0.2, 0.25) is 10.0 Å². The van der Waals surface area contributed by atoms with Gasteiger partial charge in [-0.1, -0.05) is 24.3 Å². The fourth-order valence-electron chi connectivity index (χ4n) is 2.95. The van der Waals surface area contributed by atoms with Crippen LogP contribution in [0.25, 0.3) is 6.08 Å². The highest BCUT2D eigenvalue weighted by Gasteiger charge is 2.17. The van der Waals surface area contributed by atoms with Gasteiger partial charge >= 0.3 is 0 Å². The van der Waals surface area contributed by atoms with Gasteiger partial charge in [0.1, 0.15) is 11.5 Å². The molecule has 1 unspecified atom stereocenters. The number of hydrogen-bond donors (Lipinski definition) is 3. The van der Waals surface area contributed by atoms with Gasteiger partial charge < -0.3 is 9.15 Å². The molecule has 0 bridgehead atoms. The number of aryl methyl sites for hydroxylation is 1. The second-order valence-electron chi connectivity index (χ2n) is 7.74. The third-order valence-electron chi connectivity index (χ3n) is 5.17. The summed E-state index contributed by atoms with van der Waals surface area (Å²) in [5, 5.41) is 0. The molecule has 3 aromatic rings. The van der Waals surface area contributed by atoms with Crippen molar-refractivity contribution < 1.29 is 27.2 Å². The maximum Gasteiger partial charge on any atom is 0.279 e. The summed E-state index contributed by atoms with van der Waals surface area (Å²) >= 11 is 0. The molecule has 0 aliphatic rings. The average Bonchev–Trinajstić information content (AvgIpc) is 3.37. The van der Waals surface area contributed by atoms with E-state index in [0.29, 0.717) is 17.1 Å². The number of ether oxygens (including phenoxy) is 1. The zero-order valence-electron chi connectivity index (χ0n) is 19.6. The zero-order chi connectivity index (χ0) is 25.4. The Hall–Kier alpha value is -3.89. The van der Waals surface area contributed by atoms with Crippen LogP contribution in [0.3, 0.4) is 0 Å². The minimum atomic E-state index is -3.71. The number of nitrogens with one attached hydrogen (secondary N) is 3. The summed E-state index contributed by atoms with van der Waals surface area (Å²) in [7, 11) is -3.71. The van der Waals surface area contributed by atoms with Gasteiger partial charge in [-0.2, -0.15) is 0 Å². The van der Waals surface area contributed by atoms with Gasteiger partial charge in [-0.05, 0) is 73.9 Å². The van der Waals surface area contributed by atoms with E-state index in [0.717, 1.165) is 11.1 Å². The summed E-state index contributed by atoms with van der Waals surface area (Å²) in [4.78, 5) is 24.4. The molecule has 0 aliphatic carbocycles. The first-order chi connectivity index (χ1) is 16.7. The Labute approximate surface area is 204 Å². The minimum absolute atomic E-state index is 0.0388. The van der Waals surface area contributed by atoms with Crippen molar-refractivity contribution >= 4 is 27.9 Å². The molecule has 184 valence electrons. The topological polar surface area (TPSA) is 127 Å². The van der Waals surface area contributed by atoms with Crippen LogP contribution in [0.4, 0.5) is 0 Å². The number of rotatable bonds is 9. The van der Waals surface area contributed by atoms with Gasteiger partial charge in [-0.3, -0.25) is 20.4 Å². The number of hydrogen-bond acceptors (Lipinski definition) is 6. The Morgan fingerprint density at radius 1 is 1.03 bits per heavy atom. The van der Waals surface area contributed by atoms with Gasteiger partial charge in [-0.25, -0.2) is 13.1 Å². The lowest BCUT2D eigenvalue weighted by Gasteiger charge is -2.17. The Morgan fingerprint density at radius 2 is 1.77 bits per heavy atom. The van der Waals surface area contributed by atoms with Gasteiger partial charge in [0.15, 0.2) is 6.10 Å². The third kappa shape index (κ3) is 7.29. The summed E-state index contributed by atoms with van der Waals surface area (Å²) in [5.41, 5.74) is 7.19. The van der Waals surface area contributed by atoms with E-state index in [1.54, 1.807) is 37.3 Å². The highest BCUT2D eigenvalue weighted by molar-refractivity contribution is 7.89. The highest BCUT2D eigenvalue weighted by atomic mass is 32.2. The molecule has 0 aliphatic heterocycles. The number of hydrazine groups is 1. The maximum absolute atomic E-state index is 12.4. The first-order valence-electron chi connectivity index (χ1n) is 10.8. The van der Waals surface area contributed by atoms with Crippen LogP contribution in [-0.2, 0) is 26.2 Å². The highest BCUT2D eigenvalue weighted by Crippen LogP contribution is 2.21. The SMILES string of the molecule is Cc1cccc(OC(C)C(=O)NNC(=O)/C=C/c2ccc(S(=O)(=O)NCc3ccco3)cc2)c1C. The third-order valence-corrected chi connectivity index (χ3v) is 6.59. The molecule has 1 aromatic heterocycles. The predicted molar refractivity (Wildman–Crippen MR) is 131 cm³/mol. The lowest BCUT2D eigenvalue weighted by molar-refractivity contribution is -0.131. The Bertz CT molecular complexity index is 1300. The molecular weight excluding hydrogens is 470 g/mol. The first-order valence-corrected chi connectivity index (χ1v) is 12.3. The lowest BCUT2D eigenvalue weighted by Crippen LogP contribution is -2.46. The van der Waals surface area contributed by atoms with E-state index < -0.39 is 27.9 Å². The van der Waals surface area contributed by atoms with Crippen LogP contribution < -0.4 is 20.3 Å². The summed E-state index contributed by atoms with van der Waals surface area (Å²) in [6.07, 6.45) is 3.35. The van der Waals surface area contributed by atoms with Crippen LogP contribution in [-0.4, -0.2) is 26.3 Å². The fraction of sp³-hybridized carbons (Fsp3) is 0.200. The molecule has 2 aromatic carbocycles. The second kappa shape index (κ2) is 11.5. The Balaban J connectivity index is 1.48. The van der Waals surface area contributed by atoms with Crippen molar-refractivity contribution in [3.8, 4) is 5.75 Å². The number of furan rings is 1. The van der Waals surface area contributed by atoms with E-state index in [-0.39, 0.29) is 11.4 Å². The van der Waals surface area contributed by atoms with Crippen molar-refractivity contribution in [3.05, 3.63) is 89.4 Å². The molecule has 1 atom stereocenters. The molecule has 0 spiro atoms. The summed E-state index contributed by atoms with van der Waals surface area (Å²) in [6, 6.07) is 14.9. The quantitative estimate of drug-likeness (QED) is 0.308. The van der Waals surface area contributed by atoms with E-state index in [1.165, 1.54) is 30.5 Å².